The molecule has 0 aliphatic heterocycles. The third-order valence-electron chi connectivity index (χ3n) is 3.55. The van der Waals surface area contributed by atoms with E-state index in [2.05, 4.69) is 24.5 Å². The second-order valence-electron chi connectivity index (χ2n) is 5.10. The number of hydrogen-bond donors (Lipinski definition) is 3. The van der Waals surface area contributed by atoms with Crippen molar-refractivity contribution in [3.8, 4) is 0 Å². The fourth-order valence-corrected chi connectivity index (χ4v) is 2.20. The van der Waals surface area contributed by atoms with E-state index in [0.717, 1.165) is 25.3 Å². The second-order valence-corrected chi connectivity index (χ2v) is 5.10. The first-order valence-electron chi connectivity index (χ1n) is 6.41. The zero-order valence-electron chi connectivity index (χ0n) is 11.2. The third-order valence-corrected chi connectivity index (χ3v) is 3.55. The van der Waals surface area contributed by atoms with Crippen LogP contribution < -0.4 is 10.6 Å². The number of rotatable bonds is 3. The molecule has 3 unspecified atom stereocenters. The van der Waals surface area contributed by atoms with Crippen molar-refractivity contribution in [3.05, 3.63) is 12.2 Å². The maximum atomic E-state index is 11.5. The van der Waals surface area contributed by atoms with Gasteiger partial charge >= 0.3 is 12.0 Å². The molecule has 1 rings (SSSR count). The topological polar surface area (TPSA) is 95.5 Å². The number of carboxylic acid groups (broad SMARTS) is 1. The van der Waals surface area contributed by atoms with Crippen LogP contribution in [0.4, 0.5) is 4.79 Å². The van der Waals surface area contributed by atoms with Crippen LogP contribution in [0.25, 0.3) is 0 Å². The molecule has 106 valence electrons. The lowest BCUT2D eigenvalue weighted by Crippen LogP contribution is -2.46. The summed E-state index contributed by atoms with van der Waals surface area (Å²) in [7, 11) is 0. The van der Waals surface area contributed by atoms with Gasteiger partial charge in [0.2, 0.25) is 0 Å². The number of nitrogens with one attached hydrogen (secondary N) is 2. The lowest BCUT2D eigenvalue weighted by atomic mass is 9.79. The summed E-state index contributed by atoms with van der Waals surface area (Å²) in [4.78, 5) is 32.9. The number of carbonyl (C=O) groups is 3. The number of urea groups is 1. The normalized spacial score (nSPS) is 26.9. The van der Waals surface area contributed by atoms with Gasteiger partial charge < -0.3 is 10.4 Å². The summed E-state index contributed by atoms with van der Waals surface area (Å²) in [5, 5.41) is 13.1. The zero-order valence-corrected chi connectivity index (χ0v) is 11.2. The van der Waals surface area contributed by atoms with Crippen molar-refractivity contribution in [2.24, 2.45) is 11.8 Å². The number of imide groups is 1. The number of carbonyl (C=O) groups excluding carboxylic acids is 2. The van der Waals surface area contributed by atoms with Crippen molar-refractivity contribution in [1.82, 2.24) is 10.6 Å². The molecule has 0 aromatic rings. The van der Waals surface area contributed by atoms with E-state index < -0.39 is 17.9 Å². The number of amides is 3. The summed E-state index contributed by atoms with van der Waals surface area (Å²) in [5.74, 6) is -0.773. The first kappa shape index (κ1) is 15.2. The Balaban J connectivity index is 2.35. The maximum Gasteiger partial charge on any atom is 0.328 e. The van der Waals surface area contributed by atoms with Crippen LogP contribution in [0, 0.1) is 11.8 Å². The summed E-state index contributed by atoms with van der Waals surface area (Å²) in [6.45, 7) is 4.35. The van der Waals surface area contributed by atoms with Crippen molar-refractivity contribution in [1.29, 1.82) is 0 Å². The fourth-order valence-electron chi connectivity index (χ4n) is 2.20. The summed E-state index contributed by atoms with van der Waals surface area (Å²) < 4.78 is 0. The third kappa shape index (κ3) is 5.54. The molecule has 0 aromatic heterocycles. The molecule has 0 bridgehead atoms. The van der Waals surface area contributed by atoms with Crippen molar-refractivity contribution in [2.45, 2.75) is 39.2 Å². The van der Waals surface area contributed by atoms with Gasteiger partial charge in [0.25, 0.3) is 5.91 Å². The molecular formula is C13H20N2O4. The highest BCUT2D eigenvalue weighted by molar-refractivity contribution is 6.02. The van der Waals surface area contributed by atoms with Gasteiger partial charge in [-0.3, -0.25) is 10.1 Å². The van der Waals surface area contributed by atoms with Gasteiger partial charge in [-0.15, -0.1) is 0 Å². The van der Waals surface area contributed by atoms with E-state index >= 15 is 0 Å². The molecule has 1 fully saturated rings. The smallest absolute Gasteiger partial charge is 0.328 e. The minimum Gasteiger partial charge on any atom is -0.478 e. The number of hydrogen-bond acceptors (Lipinski definition) is 3. The van der Waals surface area contributed by atoms with E-state index in [-0.39, 0.29) is 6.04 Å². The maximum absolute atomic E-state index is 11.5. The Bertz CT molecular complexity index is 392. The minimum atomic E-state index is -1.23. The van der Waals surface area contributed by atoms with E-state index in [1.165, 1.54) is 0 Å². The lowest BCUT2D eigenvalue weighted by Gasteiger charge is -2.32. The molecule has 6 nitrogen and oxygen atoms in total. The Labute approximate surface area is 112 Å². The van der Waals surface area contributed by atoms with Gasteiger partial charge in [0.15, 0.2) is 0 Å². The van der Waals surface area contributed by atoms with Crippen LogP contribution in [0.2, 0.25) is 0 Å². The Kier molecular flexibility index (Phi) is 5.54. The molecule has 0 heterocycles. The molecule has 3 atom stereocenters. The van der Waals surface area contributed by atoms with Crippen molar-refractivity contribution >= 4 is 17.9 Å². The Morgan fingerprint density at radius 2 is 1.79 bits per heavy atom. The molecule has 0 saturated heterocycles. The van der Waals surface area contributed by atoms with Gasteiger partial charge in [-0.05, 0) is 31.1 Å². The monoisotopic (exact) mass is 268 g/mol. The van der Waals surface area contributed by atoms with Crippen LogP contribution in [0.5, 0.6) is 0 Å². The second kappa shape index (κ2) is 6.92. The molecule has 3 N–H and O–H groups in total. The van der Waals surface area contributed by atoms with Crippen LogP contribution in [0.3, 0.4) is 0 Å². The largest absolute Gasteiger partial charge is 0.478 e. The van der Waals surface area contributed by atoms with Gasteiger partial charge in [-0.2, -0.15) is 0 Å². The predicted molar refractivity (Wildman–Crippen MR) is 69.4 cm³/mol. The van der Waals surface area contributed by atoms with E-state index in [1.807, 2.05) is 0 Å². The van der Waals surface area contributed by atoms with Crippen molar-refractivity contribution < 1.29 is 19.5 Å². The summed E-state index contributed by atoms with van der Waals surface area (Å²) in [5.41, 5.74) is 0. The van der Waals surface area contributed by atoms with E-state index in [9.17, 15) is 14.4 Å². The average molecular weight is 268 g/mol. The summed E-state index contributed by atoms with van der Waals surface area (Å²) >= 11 is 0. The summed E-state index contributed by atoms with van der Waals surface area (Å²) in [6.07, 6.45) is 4.35. The van der Waals surface area contributed by atoms with Crippen LogP contribution in [-0.4, -0.2) is 29.1 Å². The van der Waals surface area contributed by atoms with Gasteiger partial charge in [0.1, 0.15) is 0 Å². The molecular weight excluding hydrogens is 248 g/mol. The van der Waals surface area contributed by atoms with E-state index in [1.54, 1.807) is 0 Å². The Morgan fingerprint density at radius 3 is 2.37 bits per heavy atom. The highest BCUT2D eigenvalue weighted by Crippen LogP contribution is 2.29. The standard InChI is InChI=1S/C13H20N2O4/c1-8-3-4-10(7-9(8)2)14-13(19)15-11(16)5-6-12(17)18/h5-6,8-10H,3-4,7H2,1-2H3,(H,17,18)(H2,14,15,16,19). The Hall–Kier alpha value is -1.85. The molecule has 0 aromatic carbocycles. The van der Waals surface area contributed by atoms with Crippen LogP contribution >= 0.6 is 0 Å². The SMILES string of the molecule is CC1CCC(NC(=O)NC(=O)C=CC(=O)O)CC1C. The van der Waals surface area contributed by atoms with E-state index in [0.29, 0.717) is 17.9 Å². The van der Waals surface area contributed by atoms with Gasteiger partial charge in [0, 0.05) is 18.2 Å². The molecule has 1 aliphatic carbocycles. The predicted octanol–water partition coefficient (Wildman–Crippen LogP) is 1.28. The molecule has 3 amide bonds. The number of carboxylic acids is 1. The van der Waals surface area contributed by atoms with Crippen molar-refractivity contribution in [3.63, 3.8) is 0 Å². The first-order valence-corrected chi connectivity index (χ1v) is 6.41. The quantitative estimate of drug-likeness (QED) is 0.672. The fraction of sp³-hybridized carbons (Fsp3) is 0.615. The van der Waals surface area contributed by atoms with E-state index in [4.69, 9.17) is 5.11 Å². The molecule has 0 spiro atoms. The minimum absolute atomic E-state index is 0.0717. The van der Waals surface area contributed by atoms with Crippen LogP contribution in [0.1, 0.15) is 33.1 Å². The molecule has 0 radical (unpaired) electrons. The Morgan fingerprint density at radius 1 is 1.11 bits per heavy atom. The van der Waals surface area contributed by atoms with Gasteiger partial charge in [-0.1, -0.05) is 13.8 Å². The van der Waals surface area contributed by atoms with Gasteiger partial charge in [0.05, 0.1) is 0 Å². The van der Waals surface area contributed by atoms with Gasteiger partial charge in [-0.25, -0.2) is 9.59 Å². The van der Waals surface area contributed by atoms with Crippen LogP contribution in [-0.2, 0) is 9.59 Å². The summed E-state index contributed by atoms with van der Waals surface area (Å²) in [6, 6.07) is -0.505. The number of aliphatic carboxylic acids is 1. The first-order chi connectivity index (χ1) is 8.88. The molecule has 1 aliphatic rings. The highest BCUT2D eigenvalue weighted by atomic mass is 16.4. The highest BCUT2D eigenvalue weighted by Gasteiger charge is 2.25. The zero-order chi connectivity index (χ0) is 14.4. The molecule has 19 heavy (non-hydrogen) atoms. The lowest BCUT2D eigenvalue weighted by molar-refractivity contribution is -0.131. The van der Waals surface area contributed by atoms with Crippen LogP contribution in [0.15, 0.2) is 12.2 Å². The average Bonchev–Trinajstić information content (AvgIpc) is 2.31. The molecule has 1 saturated carbocycles. The molecule has 6 heteroatoms. The van der Waals surface area contributed by atoms with Crippen molar-refractivity contribution in [2.75, 3.05) is 0 Å².